The molecule has 0 aromatic carbocycles. The van der Waals surface area contributed by atoms with Gasteiger partial charge in [-0.3, -0.25) is 4.99 Å². The zero-order valence-corrected chi connectivity index (χ0v) is 15.9. The molecule has 1 atom stereocenters. The van der Waals surface area contributed by atoms with Crippen molar-refractivity contribution < 1.29 is 0 Å². The smallest absolute Gasteiger partial charge is 0.188 e. The summed E-state index contributed by atoms with van der Waals surface area (Å²) < 4.78 is 0. The SMILES string of the molecule is CC1CCCN(CCCCN=C(N)NC(C)(C)C)C1.I. The van der Waals surface area contributed by atoms with Crippen LogP contribution in [0.15, 0.2) is 4.99 Å². The molecule has 1 fully saturated rings. The molecule has 3 N–H and O–H groups in total. The molecule has 1 rings (SSSR count). The van der Waals surface area contributed by atoms with Gasteiger partial charge in [-0.25, -0.2) is 0 Å². The maximum Gasteiger partial charge on any atom is 0.188 e. The first-order valence-corrected chi connectivity index (χ1v) is 7.67. The monoisotopic (exact) mass is 396 g/mol. The number of likely N-dealkylation sites (tertiary alicyclic amines) is 1. The van der Waals surface area contributed by atoms with Gasteiger partial charge in [0.05, 0.1) is 0 Å². The highest BCUT2D eigenvalue weighted by atomic mass is 127. The van der Waals surface area contributed by atoms with Crippen LogP contribution in [0.4, 0.5) is 0 Å². The van der Waals surface area contributed by atoms with Crippen LogP contribution >= 0.6 is 24.0 Å². The number of guanidine groups is 1. The molecule has 0 aromatic heterocycles. The van der Waals surface area contributed by atoms with E-state index >= 15 is 0 Å². The van der Waals surface area contributed by atoms with Gasteiger partial charge in [-0.1, -0.05) is 6.92 Å². The normalized spacial score (nSPS) is 21.4. The predicted octanol–water partition coefficient (Wildman–Crippen LogP) is 2.82. The van der Waals surface area contributed by atoms with Gasteiger partial charge >= 0.3 is 0 Å². The third kappa shape index (κ3) is 9.80. The molecule has 1 aliphatic heterocycles. The van der Waals surface area contributed by atoms with E-state index in [9.17, 15) is 0 Å². The van der Waals surface area contributed by atoms with Crippen LogP contribution in [0.1, 0.15) is 53.4 Å². The summed E-state index contributed by atoms with van der Waals surface area (Å²) in [4.78, 5) is 6.96. The maximum absolute atomic E-state index is 5.83. The van der Waals surface area contributed by atoms with E-state index in [0.29, 0.717) is 5.96 Å². The summed E-state index contributed by atoms with van der Waals surface area (Å²) in [5.41, 5.74) is 5.83. The summed E-state index contributed by atoms with van der Waals surface area (Å²) in [6.45, 7) is 13.2. The van der Waals surface area contributed by atoms with Crippen molar-refractivity contribution in [3.05, 3.63) is 0 Å². The number of nitrogens with zero attached hydrogens (tertiary/aromatic N) is 2. The second-order valence-corrected chi connectivity index (χ2v) is 6.90. The molecule has 0 amide bonds. The fourth-order valence-corrected chi connectivity index (χ4v) is 2.56. The number of piperidine rings is 1. The second-order valence-electron chi connectivity index (χ2n) is 6.90. The first-order chi connectivity index (χ1) is 8.87. The Balaban J connectivity index is 0.00000361. The molecule has 0 saturated carbocycles. The van der Waals surface area contributed by atoms with Crippen molar-refractivity contribution in [2.75, 3.05) is 26.2 Å². The number of aliphatic imine (C=N–C) groups is 1. The molecule has 20 heavy (non-hydrogen) atoms. The largest absolute Gasteiger partial charge is 0.370 e. The summed E-state index contributed by atoms with van der Waals surface area (Å²) in [6.07, 6.45) is 5.11. The molecular formula is C15H33IN4. The van der Waals surface area contributed by atoms with Gasteiger partial charge in [-0.2, -0.15) is 0 Å². The van der Waals surface area contributed by atoms with Crippen LogP contribution in [0.2, 0.25) is 0 Å². The molecule has 0 aromatic rings. The van der Waals surface area contributed by atoms with Gasteiger partial charge in [0.25, 0.3) is 0 Å². The van der Waals surface area contributed by atoms with Crippen LogP contribution < -0.4 is 11.1 Å². The molecule has 0 spiro atoms. The average Bonchev–Trinajstić information content (AvgIpc) is 2.26. The van der Waals surface area contributed by atoms with Gasteiger partial charge in [0, 0.05) is 18.6 Å². The quantitative estimate of drug-likeness (QED) is 0.325. The molecule has 5 heteroatoms. The molecule has 1 aliphatic rings. The Morgan fingerprint density at radius 1 is 1.35 bits per heavy atom. The molecule has 0 radical (unpaired) electrons. The Bertz CT molecular complexity index is 286. The van der Waals surface area contributed by atoms with Crippen LogP contribution in [0, 0.1) is 5.92 Å². The van der Waals surface area contributed by atoms with Crippen LogP contribution in [0.5, 0.6) is 0 Å². The van der Waals surface area contributed by atoms with Crippen LogP contribution in [0.25, 0.3) is 0 Å². The molecule has 0 aliphatic carbocycles. The number of nitrogens with one attached hydrogen (secondary N) is 1. The van der Waals surface area contributed by atoms with Crippen molar-refractivity contribution in [3.63, 3.8) is 0 Å². The number of hydrogen-bond donors (Lipinski definition) is 2. The number of unbranched alkanes of at least 4 members (excludes halogenated alkanes) is 1. The van der Waals surface area contributed by atoms with E-state index in [1.54, 1.807) is 0 Å². The minimum Gasteiger partial charge on any atom is -0.370 e. The fraction of sp³-hybridized carbons (Fsp3) is 0.933. The molecule has 120 valence electrons. The lowest BCUT2D eigenvalue weighted by Crippen LogP contribution is -2.45. The average molecular weight is 396 g/mol. The van der Waals surface area contributed by atoms with Crippen molar-refractivity contribution in [2.45, 2.75) is 58.9 Å². The van der Waals surface area contributed by atoms with Crippen LogP contribution in [-0.4, -0.2) is 42.6 Å². The van der Waals surface area contributed by atoms with E-state index in [-0.39, 0.29) is 29.5 Å². The summed E-state index contributed by atoms with van der Waals surface area (Å²) in [6, 6.07) is 0. The molecule has 1 saturated heterocycles. The number of hydrogen-bond acceptors (Lipinski definition) is 2. The van der Waals surface area contributed by atoms with E-state index in [2.05, 4.69) is 42.9 Å². The Morgan fingerprint density at radius 2 is 2.05 bits per heavy atom. The van der Waals surface area contributed by atoms with E-state index in [1.807, 2.05) is 0 Å². The Labute approximate surface area is 142 Å². The summed E-state index contributed by atoms with van der Waals surface area (Å²) in [7, 11) is 0. The van der Waals surface area contributed by atoms with E-state index in [4.69, 9.17) is 5.73 Å². The topological polar surface area (TPSA) is 53.6 Å². The van der Waals surface area contributed by atoms with Crippen molar-refractivity contribution in [1.29, 1.82) is 0 Å². The molecule has 1 unspecified atom stereocenters. The Morgan fingerprint density at radius 3 is 2.65 bits per heavy atom. The third-order valence-corrected chi connectivity index (χ3v) is 3.41. The molecule has 0 bridgehead atoms. The standard InChI is InChI=1S/C15H32N4.HI/c1-13-8-7-11-19(12-13)10-6-5-9-17-14(16)18-15(2,3)4;/h13H,5-12H2,1-4H3,(H3,16,17,18);1H. The van der Waals surface area contributed by atoms with Crippen molar-refractivity contribution in [2.24, 2.45) is 16.6 Å². The van der Waals surface area contributed by atoms with E-state index in [0.717, 1.165) is 18.9 Å². The Kier molecular flexibility index (Phi) is 9.80. The van der Waals surface area contributed by atoms with Crippen LogP contribution in [0.3, 0.4) is 0 Å². The molecule has 1 heterocycles. The summed E-state index contributed by atoms with van der Waals surface area (Å²) in [5.74, 6) is 1.44. The summed E-state index contributed by atoms with van der Waals surface area (Å²) in [5, 5.41) is 3.18. The van der Waals surface area contributed by atoms with Gasteiger partial charge < -0.3 is 16.0 Å². The lowest BCUT2D eigenvalue weighted by Gasteiger charge is -2.30. The lowest BCUT2D eigenvalue weighted by molar-refractivity contribution is 0.181. The van der Waals surface area contributed by atoms with Crippen molar-refractivity contribution >= 4 is 29.9 Å². The zero-order chi connectivity index (χ0) is 14.3. The number of nitrogens with two attached hydrogens (primary N) is 1. The van der Waals surface area contributed by atoms with Gasteiger partial charge in [0.2, 0.25) is 0 Å². The minimum absolute atomic E-state index is 0. The van der Waals surface area contributed by atoms with Gasteiger partial charge in [0.15, 0.2) is 5.96 Å². The third-order valence-electron chi connectivity index (χ3n) is 3.41. The van der Waals surface area contributed by atoms with Gasteiger partial charge in [-0.05, 0) is 65.5 Å². The van der Waals surface area contributed by atoms with E-state index < -0.39 is 0 Å². The van der Waals surface area contributed by atoms with Crippen LogP contribution in [-0.2, 0) is 0 Å². The Hall–Kier alpha value is -0.0400. The molecular weight excluding hydrogens is 363 g/mol. The second kappa shape index (κ2) is 9.82. The van der Waals surface area contributed by atoms with Gasteiger partial charge in [0.1, 0.15) is 0 Å². The summed E-state index contributed by atoms with van der Waals surface area (Å²) >= 11 is 0. The fourth-order valence-electron chi connectivity index (χ4n) is 2.56. The first-order valence-electron chi connectivity index (χ1n) is 7.67. The predicted molar refractivity (Wildman–Crippen MR) is 98.9 cm³/mol. The lowest BCUT2D eigenvalue weighted by atomic mass is 10.0. The van der Waals surface area contributed by atoms with Crippen molar-refractivity contribution in [1.82, 2.24) is 10.2 Å². The maximum atomic E-state index is 5.83. The highest BCUT2D eigenvalue weighted by Gasteiger charge is 2.15. The highest BCUT2D eigenvalue weighted by molar-refractivity contribution is 14.0. The highest BCUT2D eigenvalue weighted by Crippen LogP contribution is 2.15. The molecule has 4 nitrogen and oxygen atoms in total. The van der Waals surface area contributed by atoms with Crippen molar-refractivity contribution in [3.8, 4) is 0 Å². The first kappa shape index (κ1) is 20.0. The number of rotatable bonds is 5. The minimum atomic E-state index is -0.00246. The van der Waals surface area contributed by atoms with E-state index in [1.165, 1.54) is 38.9 Å². The van der Waals surface area contributed by atoms with Gasteiger partial charge in [-0.15, -0.1) is 24.0 Å². The zero-order valence-electron chi connectivity index (χ0n) is 13.6. The number of halogens is 1.